The van der Waals surface area contributed by atoms with E-state index in [4.69, 9.17) is 4.74 Å². The number of fused-ring (bicyclic) bond motifs is 2. The minimum atomic E-state index is -1.08. The highest BCUT2D eigenvalue weighted by Crippen LogP contribution is 2.37. The van der Waals surface area contributed by atoms with Crippen LogP contribution >= 0.6 is 0 Å². The van der Waals surface area contributed by atoms with Crippen molar-refractivity contribution >= 4 is 33.4 Å². The molecule has 190 valence electrons. The maximum atomic E-state index is 16.0. The van der Waals surface area contributed by atoms with Crippen molar-refractivity contribution in [1.29, 1.82) is 0 Å². The molecule has 2 aromatic carbocycles. The number of nitrogens with zero attached hydrogens (tertiary/aromatic N) is 5. The molecule has 0 aliphatic carbocycles. The number of hydrogen-bond donors (Lipinski definition) is 0. The first-order chi connectivity index (χ1) is 17.8. The Labute approximate surface area is 211 Å². The van der Waals surface area contributed by atoms with Crippen molar-refractivity contribution in [1.82, 2.24) is 19.9 Å². The lowest BCUT2D eigenvalue weighted by molar-refractivity contribution is -0.126. The lowest BCUT2D eigenvalue weighted by Gasteiger charge is -2.31. The summed E-state index contributed by atoms with van der Waals surface area (Å²) in [5.74, 6) is -2.72. The first kappa shape index (κ1) is 24.5. The van der Waals surface area contributed by atoms with Gasteiger partial charge >= 0.3 is 6.01 Å². The van der Waals surface area contributed by atoms with Crippen molar-refractivity contribution in [2.75, 3.05) is 25.6 Å². The molecule has 0 radical (unpaired) electrons. The fraction of sp³-hybridized carbons (Fsp3) is 0.259. The van der Waals surface area contributed by atoms with E-state index in [-0.39, 0.29) is 46.2 Å². The molecule has 1 aliphatic heterocycles. The number of ether oxygens (including phenoxy) is 1. The zero-order valence-corrected chi connectivity index (χ0v) is 20.5. The zero-order valence-electron chi connectivity index (χ0n) is 20.5. The first-order valence-corrected chi connectivity index (χ1v) is 11.7. The molecule has 7 nitrogen and oxygen atoms in total. The van der Waals surface area contributed by atoms with Gasteiger partial charge in [-0.1, -0.05) is 30.8 Å². The first-order valence-electron chi connectivity index (χ1n) is 11.7. The van der Waals surface area contributed by atoms with Crippen LogP contribution in [0.15, 0.2) is 49.2 Å². The minimum Gasteiger partial charge on any atom is -0.467 e. The van der Waals surface area contributed by atoms with Crippen molar-refractivity contribution in [2.45, 2.75) is 25.4 Å². The Morgan fingerprint density at radius 3 is 2.70 bits per heavy atom. The van der Waals surface area contributed by atoms with E-state index in [2.05, 4.69) is 21.5 Å². The summed E-state index contributed by atoms with van der Waals surface area (Å²) in [6, 6.07) is 6.84. The number of methoxy groups -OCH3 is 1. The molecular weight excluding hydrogens is 483 g/mol. The predicted octanol–water partition coefficient (Wildman–Crippen LogP) is 4.88. The van der Waals surface area contributed by atoms with Crippen molar-refractivity contribution in [3.63, 3.8) is 0 Å². The molecular formula is C27H24F3N5O2. The number of aromatic nitrogens is 3. The van der Waals surface area contributed by atoms with Gasteiger partial charge in [0.05, 0.1) is 18.5 Å². The Balaban J connectivity index is 1.66. The normalized spacial score (nSPS) is 17.4. The topological polar surface area (TPSA) is 71.5 Å². The van der Waals surface area contributed by atoms with Gasteiger partial charge in [-0.3, -0.25) is 9.78 Å². The van der Waals surface area contributed by atoms with Gasteiger partial charge in [0.15, 0.2) is 17.5 Å². The van der Waals surface area contributed by atoms with E-state index in [0.29, 0.717) is 29.6 Å². The number of halogens is 3. The molecule has 0 N–H and O–H groups in total. The number of amides is 1. The lowest BCUT2D eigenvalue weighted by Crippen LogP contribution is -2.43. The third kappa shape index (κ3) is 3.92. The average Bonchev–Trinajstić information content (AvgIpc) is 3.30. The summed E-state index contributed by atoms with van der Waals surface area (Å²) in [6.07, 6.45) is 3.37. The van der Waals surface area contributed by atoms with E-state index < -0.39 is 17.5 Å². The van der Waals surface area contributed by atoms with Crippen molar-refractivity contribution in [3.8, 4) is 17.3 Å². The molecule has 37 heavy (non-hydrogen) atoms. The van der Waals surface area contributed by atoms with Crippen molar-refractivity contribution in [2.24, 2.45) is 0 Å². The highest BCUT2D eigenvalue weighted by molar-refractivity contribution is 5.99. The summed E-state index contributed by atoms with van der Waals surface area (Å²) in [5.41, 5.74) is -0.143. The van der Waals surface area contributed by atoms with Crippen LogP contribution in [0.5, 0.6) is 6.01 Å². The van der Waals surface area contributed by atoms with Gasteiger partial charge in [0.2, 0.25) is 5.91 Å². The number of pyridine rings is 1. The standard InChI is InChI=1S/C27H24F3N5O2/c1-5-20(36)35-12-11-19(14(35)2)34(3)26-17-13-31-24(23(30)25(17)32-27(33-26)37-4)16-8-6-7-15-9-10-18(28)22(29)21(15)16/h5-10,13-14,19H,1,11-12H2,2-4H3/t14-,19-/m1/s1. The molecule has 2 atom stereocenters. The van der Waals surface area contributed by atoms with E-state index in [1.54, 1.807) is 24.1 Å². The van der Waals surface area contributed by atoms with Crippen LogP contribution in [0.2, 0.25) is 0 Å². The van der Waals surface area contributed by atoms with Crippen molar-refractivity contribution < 1.29 is 22.7 Å². The second-order valence-corrected chi connectivity index (χ2v) is 8.93. The number of benzene rings is 2. The van der Waals surface area contributed by atoms with Crippen LogP contribution in [0.1, 0.15) is 13.3 Å². The molecule has 0 spiro atoms. The number of anilines is 1. The molecule has 4 aromatic rings. The van der Waals surface area contributed by atoms with Crippen LogP contribution in [-0.2, 0) is 4.79 Å². The SMILES string of the molecule is C=CC(=O)N1CC[C@@H](N(C)c2nc(OC)nc3c(F)c(-c4cccc5ccc(F)c(F)c45)ncc23)[C@H]1C. The van der Waals surface area contributed by atoms with Gasteiger partial charge in [-0.15, -0.1) is 0 Å². The molecule has 10 heteroatoms. The number of carbonyl (C=O) groups excluding carboxylic acids is 1. The van der Waals surface area contributed by atoms with Gasteiger partial charge in [-0.25, -0.2) is 13.2 Å². The number of rotatable bonds is 5. The largest absolute Gasteiger partial charge is 0.467 e. The molecule has 3 heterocycles. The molecule has 2 aromatic heterocycles. The summed E-state index contributed by atoms with van der Waals surface area (Å²) in [5, 5.41) is 0.655. The van der Waals surface area contributed by atoms with Crippen LogP contribution in [0, 0.1) is 17.5 Å². The maximum Gasteiger partial charge on any atom is 0.318 e. The van der Waals surface area contributed by atoms with E-state index in [1.165, 1.54) is 31.5 Å². The Hall–Kier alpha value is -4.21. The monoisotopic (exact) mass is 507 g/mol. The molecule has 5 rings (SSSR count). The zero-order chi connectivity index (χ0) is 26.4. The molecule has 0 unspecified atom stereocenters. The van der Waals surface area contributed by atoms with Gasteiger partial charge in [-0.2, -0.15) is 9.97 Å². The summed E-state index contributed by atoms with van der Waals surface area (Å²) in [7, 11) is 3.18. The highest BCUT2D eigenvalue weighted by atomic mass is 19.2. The van der Waals surface area contributed by atoms with E-state index in [0.717, 1.165) is 6.07 Å². The molecule has 1 aliphatic rings. The minimum absolute atomic E-state index is 0.0646. The van der Waals surface area contributed by atoms with Gasteiger partial charge < -0.3 is 14.5 Å². The Bertz CT molecular complexity index is 1560. The third-order valence-electron chi connectivity index (χ3n) is 7.02. The maximum absolute atomic E-state index is 16.0. The number of carbonyl (C=O) groups is 1. The van der Waals surface area contributed by atoms with Gasteiger partial charge in [0.25, 0.3) is 0 Å². The molecule has 1 fully saturated rings. The van der Waals surface area contributed by atoms with Crippen LogP contribution in [0.25, 0.3) is 32.9 Å². The van der Waals surface area contributed by atoms with E-state index in [9.17, 15) is 13.6 Å². The summed E-state index contributed by atoms with van der Waals surface area (Å²) >= 11 is 0. The second-order valence-electron chi connectivity index (χ2n) is 8.93. The summed E-state index contributed by atoms with van der Waals surface area (Å²) in [6.45, 7) is 6.04. The van der Waals surface area contributed by atoms with Gasteiger partial charge in [-0.05, 0) is 30.9 Å². The molecule has 0 saturated carbocycles. The number of likely N-dealkylation sites (N-methyl/N-ethyl adjacent to an activating group) is 1. The van der Waals surface area contributed by atoms with Crippen LogP contribution in [0.3, 0.4) is 0 Å². The van der Waals surface area contributed by atoms with Crippen molar-refractivity contribution in [3.05, 3.63) is 66.6 Å². The summed E-state index contributed by atoms with van der Waals surface area (Å²) < 4.78 is 50.1. The quantitative estimate of drug-likeness (QED) is 0.359. The molecule has 1 amide bonds. The Morgan fingerprint density at radius 1 is 1.19 bits per heavy atom. The van der Waals surface area contributed by atoms with E-state index >= 15 is 4.39 Å². The fourth-order valence-electron chi connectivity index (χ4n) is 5.10. The van der Waals surface area contributed by atoms with Crippen LogP contribution < -0.4 is 9.64 Å². The second kappa shape index (κ2) is 9.34. The smallest absolute Gasteiger partial charge is 0.318 e. The Kier molecular flexibility index (Phi) is 6.18. The summed E-state index contributed by atoms with van der Waals surface area (Å²) in [4.78, 5) is 28.8. The predicted molar refractivity (Wildman–Crippen MR) is 135 cm³/mol. The Morgan fingerprint density at radius 2 is 1.97 bits per heavy atom. The van der Waals surface area contributed by atoms with Gasteiger partial charge in [0.1, 0.15) is 17.0 Å². The highest BCUT2D eigenvalue weighted by Gasteiger charge is 2.36. The molecule has 0 bridgehead atoms. The third-order valence-corrected chi connectivity index (χ3v) is 7.02. The number of hydrogen-bond acceptors (Lipinski definition) is 6. The fourth-order valence-corrected chi connectivity index (χ4v) is 5.10. The molecule has 1 saturated heterocycles. The van der Waals surface area contributed by atoms with E-state index in [1.807, 2.05) is 11.8 Å². The van der Waals surface area contributed by atoms with Crippen LogP contribution in [-0.4, -0.2) is 58.5 Å². The van der Waals surface area contributed by atoms with Crippen LogP contribution in [0.4, 0.5) is 19.0 Å². The number of likely N-dealkylation sites (tertiary alicyclic amines) is 1. The average molecular weight is 508 g/mol. The van der Waals surface area contributed by atoms with Gasteiger partial charge in [0, 0.05) is 36.8 Å². The lowest BCUT2D eigenvalue weighted by atomic mass is 10.00.